The Hall–Kier alpha value is 0.514. The zero-order valence-corrected chi connectivity index (χ0v) is 5.59. The van der Waals surface area contributed by atoms with Crippen LogP contribution in [-0.4, -0.2) is 6.72 Å². The van der Waals surface area contributed by atoms with Gasteiger partial charge in [-0.25, -0.2) is 0 Å². The molecule has 1 nitrogen and oxygen atoms in total. The fourth-order valence-corrected chi connectivity index (χ4v) is 0. The average Bonchev–Trinajstić information content (AvgIpc) is 1.37. The Labute approximate surface area is 57.1 Å². The van der Waals surface area contributed by atoms with Crippen molar-refractivity contribution in [3.05, 3.63) is 12.8 Å². The molecule has 0 spiro atoms. The van der Waals surface area contributed by atoms with Crippen LogP contribution in [-0.2, 0) is 32.7 Å². The number of hydrogen-bond acceptors (Lipinski definition) is 1. The fraction of sp³-hybridized carbons (Fsp3) is 0. The summed E-state index contributed by atoms with van der Waals surface area (Å²) in [4.78, 5) is 2.89. The minimum atomic E-state index is 0. The van der Waals surface area contributed by atoms with Gasteiger partial charge in [-0.2, -0.15) is 6.72 Å². The van der Waals surface area contributed by atoms with E-state index in [1.54, 1.807) is 0 Å². The molecule has 0 aromatic rings. The fourth-order valence-electron chi connectivity index (χ4n) is 0. The van der Waals surface area contributed by atoms with Gasteiger partial charge >= 0.3 is 0 Å². The predicted octanol–water partition coefficient (Wildman–Crippen LogP) is 0.508. The van der Waals surface area contributed by atoms with Crippen molar-refractivity contribution in [3.8, 4) is 0 Å². The normalized spacial score (nSPS) is 4.00. The molecule has 0 rings (SSSR count). The molecule has 0 unspecified atom stereocenters. The second-order valence-electron chi connectivity index (χ2n) is 0.298. The molecule has 0 atom stereocenters. The van der Waals surface area contributed by atoms with Crippen molar-refractivity contribution in [1.29, 1.82) is 0 Å². The molecule has 2 heteroatoms. The second kappa shape index (κ2) is 8.82. The van der Waals surface area contributed by atoms with Gasteiger partial charge in [-0.1, -0.05) is 0 Å². The van der Waals surface area contributed by atoms with Crippen LogP contribution in [0.3, 0.4) is 0 Å². The average molecular weight is 142 g/mol. The molecule has 0 fully saturated rings. The van der Waals surface area contributed by atoms with Crippen molar-refractivity contribution in [1.82, 2.24) is 0 Å². The topological polar surface area (TPSA) is 12.4 Å². The molecule has 0 amide bonds. The zero-order chi connectivity index (χ0) is 3.41. The van der Waals surface area contributed by atoms with E-state index >= 15 is 0 Å². The van der Waals surface area contributed by atoms with Gasteiger partial charge in [-0.3, -0.25) is 0 Å². The van der Waals surface area contributed by atoms with Crippen LogP contribution in [0.4, 0.5) is 0 Å². The van der Waals surface area contributed by atoms with Gasteiger partial charge in [0.1, 0.15) is 0 Å². The number of rotatable bonds is 1. The third-order valence-electron chi connectivity index (χ3n) is 0.0861. The van der Waals surface area contributed by atoms with Crippen LogP contribution in [0.5, 0.6) is 0 Å². The van der Waals surface area contributed by atoms with Crippen LogP contribution < -0.4 is 0 Å². The SMILES string of the molecule is [CH-]=CN=[CH-].[Y]. The van der Waals surface area contributed by atoms with Crippen LogP contribution in [0.2, 0.25) is 0 Å². The van der Waals surface area contributed by atoms with E-state index in [2.05, 4.69) is 18.3 Å². The van der Waals surface area contributed by atoms with Gasteiger partial charge in [-0.05, 0) is 0 Å². The van der Waals surface area contributed by atoms with Crippen LogP contribution in [0.25, 0.3) is 0 Å². The molecule has 0 aromatic carbocycles. The van der Waals surface area contributed by atoms with E-state index < -0.39 is 0 Å². The van der Waals surface area contributed by atoms with E-state index in [1.807, 2.05) is 0 Å². The van der Waals surface area contributed by atoms with Gasteiger partial charge in [0.05, 0.1) is 0 Å². The standard InChI is InChI=1S/C3H3N.Y/c1-3-4-2;/h1-3H;/q-2;. The molecule has 0 N–H and O–H groups in total. The maximum Gasteiger partial charge on any atom is 0 e. The summed E-state index contributed by atoms with van der Waals surface area (Å²) in [6.45, 7) is 9.08. The molecule has 1 radical (unpaired) electrons. The Morgan fingerprint density at radius 3 is 1.80 bits per heavy atom. The molecule has 0 heterocycles. The summed E-state index contributed by atoms with van der Waals surface area (Å²) in [7, 11) is 0. The molecule has 0 aromatic heterocycles. The summed E-state index contributed by atoms with van der Waals surface area (Å²) in [5, 5.41) is 0. The van der Waals surface area contributed by atoms with E-state index in [9.17, 15) is 0 Å². The maximum atomic E-state index is 4.61. The van der Waals surface area contributed by atoms with E-state index in [1.165, 1.54) is 0 Å². The molecule has 0 saturated heterocycles. The molecule has 25 valence electrons. The van der Waals surface area contributed by atoms with Crippen LogP contribution in [0.15, 0.2) is 11.2 Å². The summed E-state index contributed by atoms with van der Waals surface area (Å²) in [5.41, 5.74) is 0. The molecule has 0 aliphatic carbocycles. The minimum absolute atomic E-state index is 0. The minimum Gasteiger partial charge on any atom is -0.601 e. The van der Waals surface area contributed by atoms with Crippen LogP contribution in [0, 0.1) is 6.58 Å². The summed E-state index contributed by atoms with van der Waals surface area (Å²) in [6, 6.07) is 0. The largest absolute Gasteiger partial charge is 0.601 e. The van der Waals surface area contributed by atoms with Crippen molar-refractivity contribution >= 4 is 6.72 Å². The quantitative estimate of drug-likeness (QED) is 0.373. The number of aliphatic imine (C=N–C) groups is 1. The Kier molecular flexibility index (Phi) is 16.0. The maximum absolute atomic E-state index is 4.61. The first-order chi connectivity index (χ1) is 1.91. The van der Waals surface area contributed by atoms with Crippen molar-refractivity contribution in [3.63, 3.8) is 0 Å². The van der Waals surface area contributed by atoms with E-state index in [4.69, 9.17) is 0 Å². The number of hydrogen-bond donors (Lipinski definition) is 0. The third kappa shape index (κ3) is 12.4. The van der Waals surface area contributed by atoms with Crippen molar-refractivity contribution < 1.29 is 32.7 Å². The first-order valence-corrected chi connectivity index (χ1v) is 0.850. The monoisotopic (exact) mass is 142 g/mol. The molecular formula is C3H3NY-2. The first-order valence-electron chi connectivity index (χ1n) is 0.850. The smallest absolute Gasteiger partial charge is 0 e. The Morgan fingerprint density at radius 1 is 1.60 bits per heavy atom. The summed E-state index contributed by atoms with van der Waals surface area (Å²) in [6.07, 6.45) is 1.03. The molecule has 0 aliphatic heterocycles. The Morgan fingerprint density at radius 2 is 1.80 bits per heavy atom. The summed E-state index contributed by atoms with van der Waals surface area (Å²) >= 11 is 0. The van der Waals surface area contributed by atoms with Gasteiger partial charge in [-0.15, -0.1) is 0 Å². The molecule has 0 bridgehead atoms. The van der Waals surface area contributed by atoms with Crippen molar-refractivity contribution in [2.45, 2.75) is 0 Å². The summed E-state index contributed by atoms with van der Waals surface area (Å²) in [5.74, 6) is 0. The van der Waals surface area contributed by atoms with E-state index in [0.29, 0.717) is 0 Å². The molecular weight excluding hydrogens is 139 g/mol. The van der Waals surface area contributed by atoms with E-state index in [-0.39, 0.29) is 32.7 Å². The predicted molar refractivity (Wildman–Crippen MR) is 17.4 cm³/mol. The summed E-state index contributed by atoms with van der Waals surface area (Å²) < 4.78 is 0. The van der Waals surface area contributed by atoms with Gasteiger partial charge in [0.25, 0.3) is 0 Å². The van der Waals surface area contributed by atoms with Gasteiger partial charge in [0.15, 0.2) is 0 Å². The Bertz CT molecular complexity index is 27.9. The van der Waals surface area contributed by atoms with Gasteiger partial charge < -0.3 is 17.8 Å². The first kappa shape index (κ1) is 9.10. The molecule has 5 heavy (non-hydrogen) atoms. The van der Waals surface area contributed by atoms with Crippen LogP contribution in [0.1, 0.15) is 0 Å². The molecule has 0 aliphatic rings. The second-order valence-corrected chi connectivity index (χ2v) is 0.298. The van der Waals surface area contributed by atoms with Gasteiger partial charge in [0, 0.05) is 32.7 Å². The van der Waals surface area contributed by atoms with Crippen LogP contribution >= 0.6 is 0 Å². The van der Waals surface area contributed by atoms with Crippen molar-refractivity contribution in [2.75, 3.05) is 0 Å². The van der Waals surface area contributed by atoms with E-state index in [0.717, 1.165) is 6.20 Å². The van der Waals surface area contributed by atoms with Gasteiger partial charge in [0.2, 0.25) is 0 Å². The molecule has 0 saturated carbocycles. The zero-order valence-electron chi connectivity index (χ0n) is 2.76. The number of nitrogens with zero attached hydrogens (tertiary/aromatic N) is 1. The van der Waals surface area contributed by atoms with Crippen molar-refractivity contribution in [2.24, 2.45) is 4.99 Å². The third-order valence-corrected chi connectivity index (χ3v) is 0.0861. The Balaban J connectivity index is 0.